The largest absolute Gasteiger partial charge is 0.336 e. The molecule has 2 aromatic carbocycles. The second-order valence-electron chi connectivity index (χ2n) is 7.34. The van der Waals surface area contributed by atoms with Crippen LogP contribution in [0.4, 0.5) is 5.69 Å². The summed E-state index contributed by atoms with van der Waals surface area (Å²) in [6.07, 6.45) is 0. The molecule has 0 unspecified atom stereocenters. The van der Waals surface area contributed by atoms with E-state index in [9.17, 15) is 14.9 Å². The number of aryl methyl sites for hydroxylation is 1. The first-order valence-electron chi connectivity index (χ1n) is 9.78. The van der Waals surface area contributed by atoms with E-state index in [2.05, 4.69) is 22.4 Å². The number of benzene rings is 2. The van der Waals surface area contributed by atoms with Crippen LogP contribution >= 0.6 is 11.3 Å². The molecule has 30 heavy (non-hydrogen) atoms. The van der Waals surface area contributed by atoms with Gasteiger partial charge < -0.3 is 4.90 Å². The molecule has 1 saturated heterocycles. The molecule has 0 atom stereocenters. The van der Waals surface area contributed by atoms with Crippen LogP contribution in [-0.2, 0) is 6.54 Å². The van der Waals surface area contributed by atoms with Gasteiger partial charge in [0.25, 0.3) is 11.6 Å². The zero-order chi connectivity index (χ0) is 21.1. The van der Waals surface area contributed by atoms with Crippen molar-refractivity contribution in [1.82, 2.24) is 14.8 Å². The average molecular weight is 423 g/mol. The molecule has 0 aliphatic carbocycles. The lowest BCUT2D eigenvalue weighted by molar-refractivity contribution is -0.385. The number of rotatable bonds is 5. The van der Waals surface area contributed by atoms with Crippen molar-refractivity contribution >= 4 is 22.9 Å². The Hall–Kier alpha value is -3.10. The molecule has 1 aromatic heterocycles. The van der Waals surface area contributed by atoms with Gasteiger partial charge in [0.1, 0.15) is 5.01 Å². The monoisotopic (exact) mass is 422 g/mol. The first kappa shape index (κ1) is 20.2. The number of carbonyl (C=O) groups excluding carboxylic acids is 1. The van der Waals surface area contributed by atoms with Gasteiger partial charge in [0.15, 0.2) is 0 Å². The molecule has 1 fully saturated rings. The van der Waals surface area contributed by atoms with Gasteiger partial charge in [0.2, 0.25) is 0 Å². The van der Waals surface area contributed by atoms with Crippen LogP contribution in [0.15, 0.2) is 53.9 Å². The van der Waals surface area contributed by atoms with Gasteiger partial charge in [-0.1, -0.05) is 36.4 Å². The quantitative estimate of drug-likeness (QED) is 0.459. The first-order valence-corrected chi connectivity index (χ1v) is 10.7. The highest BCUT2D eigenvalue weighted by molar-refractivity contribution is 7.13. The highest BCUT2D eigenvalue weighted by Gasteiger charge is 2.24. The molecule has 0 radical (unpaired) electrons. The molecule has 1 aliphatic heterocycles. The van der Waals surface area contributed by atoms with Crippen LogP contribution in [0.25, 0.3) is 10.6 Å². The normalized spacial score (nSPS) is 14.6. The van der Waals surface area contributed by atoms with E-state index < -0.39 is 4.92 Å². The Morgan fingerprint density at radius 3 is 2.57 bits per heavy atom. The maximum atomic E-state index is 12.8. The molecule has 1 aliphatic rings. The smallest absolute Gasteiger partial charge is 0.273 e. The molecular formula is C22H22N4O3S. The number of nitro benzene ring substituents is 1. The highest BCUT2D eigenvalue weighted by atomic mass is 32.1. The van der Waals surface area contributed by atoms with Crippen LogP contribution in [0.2, 0.25) is 0 Å². The SMILES string of the molecule is Cc1ccc(C(=O)N2CCN(Cc3csc(-c4ccccc4)n3)CC2)cc1[N+](=O)[O-]. The second kappa shape index (κ2) is 8.73. The number of amides is 1. The highest BCUT2D eigenvalue weighted by Crippen LogP contribution is 2.24. The molecular weight excluding hydrogens is 400 g/mol. The Bertz CT molecular complexity index is 1060. The fraction of sp³-hybridized carbons (Fsp3) is 0.273. The van der Waals surface area contributed by atoms with E-state index in [-0.39, 0.29) is 11.6 Å². The van der Waals surface area contributed by atoms with E-state index >= 15 is 0 Å². The Balaban J connectivity index is 1.35. The van der Waals surface area contributed by atoms with Crippen molar-refractivity contribution in [2.75, 3.05) is 26.2 Å². The van der Waals surface area contributed by atoms with Crippen LogP contribution in [0, 0.1) is 17.0 Å². The van der Waals surface area contributed by atoms with Crippen molar-refractivity contribution in [3.05, 3.63) is 80.8 Å². The summed E-state index contributed by atoms with van der Waals surface area (Å²) < 4.78 is 0. The van der Waals surface area contributed by atoms with Crippen molar-refractivity contribution in [1.29, 1.82) is 0 Å². The van der Waals surface area contributed by atoms with E-state index in [0.717, 1.165) is 35.9 Å². The molecule has 1 amide bonds. The van der Waals surface area contributed by atoms with Crippen molar-refractivity contribution in [2.45, 2.75) is 13.5 Å². The number of carbonyl (C=O) groups is 1. The summed E-state index contributed by atoms with van der Waals surface area (Å²) >= 11 is 1.64. The van der Waals surface area contributed by atoms with Gasteiger partial charge in [-0.25, -0.2) is 4.98 Å². The summed E-state index contributed by atoms with van der Waals surface area (Å²) in [4.78, 5) is 32.3. The molecule has 3 aromatic rings. The standard InChI is InChI=1S/C22H22N4O3S/c1-16-7-8-18(13-20(16)26(28)29)22(27)25-11-9-24(10-12-25)14-19-15-30-21(23-19)17-5-3-2-4-6-17/h2-8,13,15H,9-12,14H2,1H3. The second-order valence-corrected chi connectivity index (χ2v) is 8.19. The lowest BCUT2D eigenvalue weighted by Gasteiger charge is -2.34. The lowest BCUT2D eigenvalue weighted by Crippen LogP contribution is -2.48. The molecule has 4 rings (SSSR count). The van der Waals surface area contributed by atoms with Gasteiger partial charge >= 0.3 is 0 Å². The van der Waals surface area contributed by atoms with Gasteiger partial charge in [0, 0.05) is 60.9 Å². The summed E-state index contributed by atoms with van der Waals surface area (Å²) in [5.41, 5.74) is 3.06. The molecule has 7 nitrogen and oxygen atoms in total. The summed E-state index contributed by atoms with van der Waals surface area (Å²) in [5.74, 6) is -0.155. The van der Waals surface area contributed by atoms with Gasteiger partial charge in [-0.05, 0) is 13.0 Å². The minimum absolute atomic E-state index is 0.0164. The molecule has 0 N–H and O–H groups in total. The number of thiazole rings is 1. The van der Waals surface area contributed by atoms with Crippen LogP contribution in [0.5, 0.6) is 0 Å². The average Bonchev–Trinajstić information content (AvgIpc) is 3.23. The number of hydrogen-bond donors (Lipinski definition) is 0. The fourth-order valence-corrected chi connectivity index (χ4v) is 4.37. The van der Waals surface area contributed by atoms with E-state index in [1.54, 1.807) is 35.3 Å². The number of aromatic nitrogens is 1. The molecule has 0 bridgehead atoms. The van der Waals surface area contributed by atoms with Crippen LogP contribution in [0.3, 0.4) is 0 Å². The minimum atomic E-state index is -0.443. The van der Waals surface area contributed by atoms with E-state index in [1.165, 1.54) is 6.07 Å². The number of hydrogen-bond acceptors (Lipinski definition) is 6. The fourth-order valence-electron chi connectivity index (χ4n) is 3.55. The third kappa shape index (κ3) is 4.39. The molecule has 0 spiro atoms. The van der Waals surface area contributed by atoms with Crippen molar-refractivity contribution in [3.63, 3.8) is 0 Å². The maximum Gasteiger partial charge on any atom is 0.273 e. The van der Waals surface area contributed by atoms with Crippen LogP contribution < -0.4 is 0 Å². The zero-order valence-corrected chi connectivity index (χ0v) is 17.5. The van der Waals surface area contributed by atoms with Crippen molar-refractivity contribution in [3.8, 4) is 10.6 Å². The minimum Gasteiger partial charge on any atom is -0.336 e. The lowest BCUT2D eigenvalue weighted by atomic mass is 10.1. The summed E-state index contributed by atoms with van der Waals surface area (Å²) in [6, 6.07) is 14.8. The van der Waals surface area contributed by atoms with Crippen LogP contribution in [-0.4, -0.2) is 51.8 Å². The van der Waals surface area contributed by atoms with E-state index in [0.29, 0.717) is 24.2 Å². The van der Waals surface area contributed by atoms with Gasteiger partial charge in [0.05, 0.1) is 10.6 Å². The number of nitro groups is 1. The predicted molar refractivity (Wildman–Crippen MR) is 117 cm³/mol. The third-order valence-corrected chi connectivity index (χ3v) is 6.21. The zero-order valence-electron chi connectivity index (χ0n) is 16.7. The first-order chi connectivity index (χ1) is 14.5. The Morgan fingerprint density at radius 2 is 1.87 bits per heavy atom. The third-order valence-electron chi connectivity index (χ3n) is 5.27. The summed E-state index contributed by atoms with van der Waals surface area (Å²) in [7, 11) is 0. The predicted octanol–water partition coefficient (Wildman–Crippen LogP) is 3.98. The molecule has 2 heterocycles. The molecule has 8 heteroatoms. The van der Waals surface area contributed by atoms with E-state index in [4.69, 9.17) is 4.98 Å². The van der Waals surface area contributed by atoms with Gasteiger partial charge in [-0.3, -0.25) is 19.8 Å². The molecule has 154 valence electrons. The number of nitrogens with zero attached hydrogens (tertiary/aromatic N) is 4. The van der Waals surface area contributed by atoms with Gasteiger partial charge in [-0.2, -0.15) is 0 Å². The van der Waals surface area contributed by atoms with Crippen molar-refractivity contribution < 1.29 is 9.72 Å². The topological polar surface area (TPSA) is 79.6 Å². The Kier molecular flexibility index (Phi) is 5.87. The van der Waals surface area contributed by atoms with E-state index in [1.807, 2.05) is 18.2 Å². The maximum absolute atomic E-state index is 12.8. The van der Waals surface area contributed by atoms with Gasteiger partial charge in [-0.15, -0.1) is 11.3 Å². The van der Waals surface area contributed by atoms with Crippen LogP contribution in [0.1, 0.15) is 21.6 Å². The Labute approximate surface area is 178 Å². The molecule has 0 saturated carbocycles. The summed E-state index contributed by atoms with van der Waals surface area (Å²) in [6.45, 7) is 5.11. The number of piperazine rings is 1. The van der Waals surface area contributed by atoms with Crippen molar-refractivity contribution in [2.24, 2.45) is 0 Å². The Morgan fingerprint density at radius 1 is 1.13 bits per heavy atom. The summed E-state index contributed by atoms with van der Waals surface area (Å²) in [5, 5.41) is 14.3.